The fourth-order valence-electron chi connectivity index (χ4n) is 4.17. The molecule has 0 bridgehead atoms. The summed E-state index contributed by atoms with van der Waals surface area (Å²) < 4.78 is 68.8. The maximum atomic E-state index is 14.8. The van der Waals surface area contributed by atoms with Crippen LogP contribution in [-0.4, -0.2) is 66.2 Å². The number of halogens is 5. The lowest BCUT2D eigenvalue weighted by Crippen LogP contribution is -2.33. The number of nitrogens with zero attached hydrogens (tertiary/aromatic N) is 2. The fraction of sp³-hybridized carbons (Fsp3) is 0.462. The molecule has 1 saturated carbocycles. The van der Waals surface area contributed by atoms with Gasteiger partial charge in [-0.3, -0.25) is 9.69 Å². The molecule has 2 atom stereocenters. The number of nitrogens with one attached hydrogen (secondary N) is 2. The number of carbonyl (C=O) groups excluding carboxylic acids is 1. The molecule has 1 amide bonds. The van der Waals surface area contributed by atoms with Crippen LogP contribution >= 0.6 is 11.8 Å². The number of amides is 1. The molecule has 5 nitrogen and oxygen atoms in total. The highest BCUT2D eigenvalue weighted by atomic mass is 32.2. The Balaban J connectivity index is 1.65. The molecule has 11 heteroatoms. The van der Waals surface area contributed by atoms with Crippen LogP contribution in [0.15, 0.2) is 36.9 Å². The lowest BCUT2D eigenvalue weighted by molar-refractivity contribution is -0.126. The molecule has 1 aliphatic carbocycles. The molecule has 1 saturated heterocycles. The zero-order valence-electron chi connectivity index (χ0n) is 20.4. The van der Waals surface area contributed by atoms with Gasteiger partial charge in [-0.05, 0) is 44.5 Å². The minimum Gasteiger partial charge on any atom is -0.378 e. The first kappa shape index (κ1) is 27.4. The third-order valence-electron chi connectivity index (χ3n) is 6.72. The normalized spacial score (nSPS) is 22.1. The molecule has 2 N–H and O–H groups in total. The first-order valence-electron chi connectivity index (χ1n) is 12.0. The number of thioether (sulfide) groups is 1. The van der Waals surface area contributed by atoms with E-state index in [1.54, 1.807) is 24.3 Å². The Morgan fingerprint density at radius 2 is 2.08 bits per heavy atom. The Morgan fingerprint density at radius 3 is 2.76 bits per heavy atom. The van der Waals surface area contributed by atoms with Crippen molar-refractivity contribution >= 4 is 45.8 Å². The Labute approximate surface area is 216 Å². The van der Waals surface area contributed by atoms with E-state index in [9.17, 15) is 26.7 Å². The highest BCUT2D eigenvalue weighted by molar-refractivity contribution is 7.99. The van der Waals surface area contributed by atoms with E-state index in [-0.39, 0.29) is 29.2 Å². The third-order valence-corrected chi connectivity index (χ3v) is 7.95. The molecule has 0 unspecified atom stereocenters. The fourth-order valence-corrected chi connectivity index (χ4v) is 5.13. The van der Waals surface area contributed by atoms with Crippen LogP contribution in [0.4, 0.5) is 27.6 Å². The van der Waals surface area contributed by atoms with E-state index in [1.165, 1.54) is 23.9 Å². The second kappa shape index (κ2) is 11.0. The Bertz CT molecular complexity index is 1200. The number of benzene rings is 1. The molecule has 2 aliphatic rings. The summed E-state index contributed by atoms with van der Waals surface area (Å²) in [4.78, 5) is 18.3. The SMILES string of the molecule is C=C(c1nc(/C=C/CNC(=O)C2(CF)CC2)cc2c(N[C@@H]3CCN(C)CS[C@@H]3F)cccc12)C(F)(F)F. The second-order valence-corrected chi connectivity index (χ2v) is 10.6. The molecule has 0 radical (unpaired) electrons. The molecule has 0 spiro atoms. The topological polar surface area (TPSA) is 57.3 Å². The third kappa shape index (κ3) is 6.26. The number of allylic oxidation sites excluding steroid dienone is 1. The summed E-state index contributed by atoms with van der Waals surface area (Å²) >= 11 is 1.17. The maximum Gasteiger partial charge on any atom is 0.417 e. The number of carbonyl (C=O) groups is 1. The van der Waals surface area contributed by atoms with Crippen LogP contribution in [0.1, 0.15) is 30.7 Å². The van der Waals surface area contributed by atoms with Crippen LogP contribution in [0, 0.1) is 5.41 Å². The van der Waals surface area contributed by atoms with E-state index in [0.717, 1.165) is 0 Å². The van der Waals surface area contributed by atoms with Crippen LogP contribution in [0.25, 0.3) is 22.4 Å². The van der Waals surface area contributed by atoms with Gasteiger partial charge >= 0.3 is 6.18 Å². The lowest BCUT2D eigenvalue weighted by Gasteiger charge is -2.22. The van der Waals surface area contributed by atoms with Gasteiger partial charge in [0.05, 0.1) is 28.4 Å². The van der Waals surface area contributed by atoms with Gasteiger partial charge in [0.1, 0.15) is 6.67 Å². The van der Waals surface area contributed by atoms with Crippen molar-refractivity contribution in [2.75, 3.05) is 38.0 Å². The summed E-state index contributed by atoms with van der Waals surface area (Å²) in [5, 5.41) is 6.53. The van der Waals surface area contributed by atoms with E-state index >= 15 is 0 Å². The van der Waals surface area contributed by atoms with Gasteiger partial charge in [0.2, 0.25) is 5.91 Å². The van der Waals surface area contributed by atoms with Gasteiger partial charge in [0, 0.05) is 35.4 Å². The van der Waals surface area contributed by atoms with Crippen LogP contribution < -0.4 is 10.6 Å². The summed E-state index contributed by atoms with van der Waals surface area (Å²) in [5.74, 6) is 0.170. The first-order valence-corrected chi connectivity index (χ1v) is 13.0. The minimum atomic E-state index is -4.70. The molecule has 4 rings (SSSR count). The van der Waals surface area contributed by atoms with Crippen LogP contribution in [0.2, 0.25) is 0 Å². The summed E-state index contributed by atoms with van der Waals surface area (Å²) in [6.45, 7) is 3.27. The molecule has 37 heavy (non-hydrogen) atoms. The number of hydrogen-bond acceptors (Lipinski definition) is 5. The van der Waals surface area contributed by atoms with Gasteiger partial charge in [0.25, 0.3) is 0 Å². The van der Waals surface area contributed by atoms with Crippen molar-refractivity contribution in [3.05, 3.63) is 48.3 Å². The zero-order valence-corrected chi connectivity index (χ0v) is 21.2. The smallest absolute Gasteiger partial charge is 0.378 e. The summed E-state index contributed by atoms with van der Waals surface area (Å²) in [6, 6.07) is 5.93. The summed E-state index contributed by atoms with van der Waals surface area (Å²) in [5.41, 5.74) is -2.82. The largest absolute Gasteiger partial charge is 0.417 e. The van der Waals surface area contributed by atoms with E-state index in [0.29, 0.717) is 42.8 Å². The molecule has 1 aliphatic heterocycles. The predicted molar refractivity (Wildman–Crippen MR) is 139 cm³/mol. The lowest BCUT2D eigenvalue weighted by atomic mass is 10.0. The number of anilines is 1. The van der Waals surface area contributed by atoms with Gasteiger partial charge in [-0.1, -0.05) is 24.8 Å². The average Bonchev–Trinajstić information content (AvgIpc) is 3.68. The molecule has 2 aromatic rings. The molecule has 1 aromatic carbocycles. The molecule has 1 aromatic heterocycles. The van der Waals surface area contributed by atoms with E-state index in [1.807, 2.05) is 11.9 Å². The average molecular weight is 541 g/mol. The second-order valence-electron chi connectivity index (χ2n) is 9.57. The Hall–Kier alpha value is -2.66. The van der Waals surface area contributed by atoms with E-state index in [4.69, 9.17) is 0 Å². The maximum absolute atomic E-state index is 14.8. The molecular weight excluding hydrogens is 511 g/mol. The summed E-state index contributed by atoms with van der Waals surface area (Å²) in [6.07, 6.45) is -0.129. The highest BCUT2D eigenvalue weighted by Crippen LogP contribution is 2.46. The standard InChI is InChI=1S/C26H29F5N4OS/c1-16(26(29,30)31)22-18-6-3-7-20(34-21-8-12-35(2)15-37-23(21)28)19(18)13-17(33-22)5-4-11-32-24(36)25(14-27)9-10-25/h3-7,13,21,23,34H,1,8-12,14-15H2,2H3,(H,32,36)/b5-4+/t21-,23+/m1/s1. The number of aromatic nitrogens is 1. The number of pyridine rings is 1. The molecule has 200 valence electrons. The predicted octanol–water partition coefficient (Wildman–Crippen LogP) is 5.79. The first-order chi connectivity index (χ1) is 17.5. The van der Waals surface area contributed by atoms with Crippen molar-refractivity contribution in [1.29, 1.82) is 0 Å². The van der Waals surface area contributed by atoms with Crippen molar-refractivity contribution in [3.8, 4) is 0 Å². The van der Waals surface area contributed by atoms with Crippen molar-refractivity contribution in [2.45, 2.75) is 37.0 Å². The quantitative estimate of drug-likeness (QED) is 0.415. The van der Waals surface area contributed by atoms with Gasteiger partial charge in [-0.2, -0.15) is 13.2 Å². The number of alkyl halides is 5. The zero-order chi connectivity index (χ0) is 26.8. The highest BCUT2D eigenvalue weighted by Gasteiger charge is 2.49. The van der Waals surface area contributed by atoms with Crippen LogP contribution in [0.3, 0.4) is 0 Å². The number of hydrogen-bond donors (Lipinski definition) is 2. The minimum absolute atomic E-state index is 0.0755. The Morgan fingerprint density at radius 1 is 1.32 bits per heavy atom. The van der Waals surface area contributed by atoms with Crippen LogP contribution in [-0.2, 0) is 4.79 Å². The summed E-state index contributed by atoms with van der Waals surface area (Å²) in [7, 11) is 1.91. The van der Waals surface area contributed by atoms with Gasteiger partial charge in [-0.15, -0.1) is 11.8 Å². The van der Waals surface area contributed by atoms with Crippen molar-refractivity contribution in [3.63, 3.8) is 0 Å². The van der Waals surface area contributed by atoms with Gasteiger partial charge in [-0.25, -0.2) is 13.8 Å². The van der Waals surface area contributed by atoms with E-state index in [2.05, 4.69) is 22.2 Å². The van der Waals surface area contributed by atoms with Crippen molar-refractivity contribution in [2.24, 2.45) is 5.41 Å². The molecule has 2 fully saturated rings. The van der Waals surface area contributed by atoms with E-state index < -0.39 is 35.4 Å². The number of rotatable bonds is 8. The molecular formula is C26H29F5N4OS. The Kier molecular flexibility index (Phi) is 8.13. The van der Waals surface area contributed by atoms with Crippen LogP contribution in [0.5, 0.6) is 0 Å². The van der Waals surface area contributed by atoms with Crippen molar-refractivity contribution < 1.29 is 26.7 Å². The monoisotopic (exact) mass is 540 g/mol. The van der Waals surface area contributed by atoms with Crippen molar-refractivity contribution in [1.82, 2.24) is 15.2 Å². The van der Waals surface area contributed by atoms with Gasteiger partial charge < -0.3 is 10.6 Å². The molecule has 2 heterocycles. The number of fused-ring (bicyclic) bond motifs is 1. The van der Waals surface area contributed by atoms with Gasteiger partial charge in [0.15, 0.2) is 5.50 Å².